The molecule has 0 aliphatic heterocycles. The van der Waals surface area contributed by atoms with Gasteiger partial charge in [-0.25, -0.2) is 4.79 Å². The van der Waals surface area contributed by atoms with Gasteiger partial charge < -0.3 is 4.74 Å². The second kappa shape index (κ2) is 6.40. The van der Waals surface area contributed by atoms with Gasteiger partial charge in [0.25, 0.3) is 0 Å². The minimum atomic E-state index is -0.398. The van der Waals surface area contributed by atoms with Crippen LogP contribution in [0.3, 0.4) is 0 Å². The van der Waals surface area contributed by atoms with Crippen molar-refractivity contribution in [1.82, 2.24) is 0 Å². The van der Waals surface area contributed by atoms with Crippen molar-refractivity contribution in [2.45, 2.75) is 20.3 Å². The first kappa shape index (κ1) is 13.7. The SMILES string of the molecule is CCOC(=O)c1ccc(C)cc1CC(=O)CCl. The van der Waals surface area contributed by atoms with Crippen molar-refractivity contribution >= 4 is 23.4 Å². The summed E-state index contributed by atoms with van der Waals surface area (Å²) in [5, 5.41) is 0. The van der Waals surface area contributed by atoms with Crippen LogP contribution in [0.2, 0.25) is 0 Å². The summed E-state index contributed by atoms with van der Waals surface area (Å²) in [4.78, 5) is 23.0. The van der Waals surface area contributed by atoms with E-state index in [1.807, 2.05) is 19.1 Å². The molecule has 0 heterocycles. The number of carbonyl (C=O) groups excluding carboxylic acids is 2. The quantitative estimate of drug-likeness (QED) is 0.599. The minimum absolute atomic E-state index is 0.0454. The van der Waals surface area contributed by atoms with Gasteiger partial charge in [-0.15, -0.1) is 11.6 Å². The van der Waals surface area contributed by atoms with Crippen molar-refractivity contribution in [3.63, 3.8) is 0 Å². The predicted octanol–water partition coefficient (Wildman–Crippen LogP) is 2.52. The van der Waals surface area contributed by atoms with Gasteiger partial charge in [-0.2, -0.15) is 0 Å². The summed E-state index contributed by atoms with van der Waals surface area (Å²) in [7, 11) is 0. The number of benzene rings is 1. The molecule has 1 aromatic rings. The second-order valence-corrected chi connectivity index (χ2v) is 4.00. The molecule has 92 valence electrons. The van der Waals surface area contributed by atoms with Gasteiger partial charge in [-0.3, -0.25) is 4.79 Å². The standard InChI is InChI=1S/C13H15ClO3/c1-3-17-13(16)12-5-4-9(2)6-10(12)7-11(15)8-14/h4-6H,3,7-8H2,1-2H3. The molecule has 0 aliphatic carbocycles. The van der Waals surface area contributed by atoms with Gasteiger partial charge in [0.15, 0.2) is 5.78 Å². The smallest absolute Gasteiger partial charge is 0.338 e. The van der Waals surface area contributed by atoms with Crippen LogP contribution in [-0.2, 0) is 16.0 Å². The Kier molecular flexibility index (Phi) is 5.16. The third kappa shape index (κ3) is 3.86. The van der Waals surface area contributed by atoms with Crippen LogP contribution < -0.4 is 0 Å². The van der Waals surface area contributed by atoms with Crippen LogP contribution >= 0.6 is 11.6 Å². The summed E-state index contributed by atoms with van der Waals surface area (Å²) in [6.45, 7) is 3.97. The van der Waals surface area contributed by atoms with Gasteiger partial charge in [-0.1, -0.05) is 17.7 Å². The fourth-order valence-electron chi connectivity index (χ4n) is 1.54. The Labute approximate surface area is 106 Å². The third-order valence-corrected chi connectivity index (χ3v) is 2.59. The van der Waals surface area contributed by atoms with Crippen molar-refractivity contribution in [2.75, 3.05) is 12.5 Å². The molecule has 0 amide bonds. The molecule has 0 atom stereocenters. The van der Waals surface area contributed by atoms with Crippen LogP contribution in [0.4, 0.5) is 0 Å². The van der Waals surface area contributed by atoms with Crippen LogP contribution in [0.15, 0.2) is 18.2 Å². The van der Waals surface area contributed by atoms with E-state index in [9.17, 15) is 9.59 Å². The maximum absolute atomic E-state index is 11.7. The van der Waals surface area contributed by atoms with Crippen LogP contribution in [0, 0.1) is 6.92 Å². The second-order valence-electron chi connectivity index (χ2n) is 3.73. The number of ether oxygens (including phenoxy) is 1. The molecule has 1 aromatic carbocycles. The van der Waals surface area contributed by atoms with Crippen molar-refractivity contribution in [1.29, 1.82) is 0 Å². The molecule has 0 bridgehead atoms. The van der Waals surface area contributed by atoms with E-state index >= 15 is 0 Å². The number of halogens is 1. The van der Waals surface area contributed by atoms with Gasteiger partial charge in [0.05, 0.1) is 18.1 Å². The normalized spacial score (nSPS) is 10.1. The fourth-order valence-corrected chi connectivity index (χ4v) is 1.63. The van der Waals surface area contributed by atoms with E-state index in [2.05, 4.69) is 0 Å². The fraction of sp³-hybridized carbons (Fsp3) is 0.385. The summed E-state index contributed by atoms with van der Waals surface area (Å²) < 4.78 is 4.94. The lowest BCUT2D eigenvalue weighted by molar-refractivity contribution is -0.116. The average molecular weight is 255 g/mol. The highest BCUT2D eigenvalue weighted by molar-refractivity contribution is 6.27. The van der Waals surface area contributed by atoms with E-state index < -0.39 is 5.97 Å². The number of hydrogen-bond acceptors (Lipinski definition) is 3. The van der Waals surface area contributed by atoms with E-state index in [1.165, 1.54) is 0 Å². The van der Waals surface area contributed by atoms with E-state index in [0.29, 0.717) is 17.7 Å². The highest BCUT2D eigenvalue weighted by Crippen LogP contribution is 2.14. The highest BCUT2D eigenvalue weighted by atomic mass is 35.5. The number of Topliss-reactive ketones (excluding diaryl/α,β-unsaturated/α-hetero) is 1. The van der Waals surface area contributed by atoms with Gasteiger partial charge in [0, 0.05) is 6.42 Å². The lowest BCUT2D eigenvalue weighted by Gasteiger charge is -2.08. The molecule has 0 aliphatic rings. The first-order valence-electron chi connectivity index (χ1n) is 5.42. The Hall–Kier alpha value is -1.35. The third-order valence-electron chi connectivity index (χ3n) is 2.29. The molecule has 4 heteroatoms. The molecular weight excluding hydrogens is 240 g/mol. The molecule has 0 N–H and O–H groups in total. The van der Waals surface area contributed by atoms with Gasteiger partial charge >= 0.3 is 5.97 Å². The van der Waals surface area contributed by atoms with E-state index in [-0.39, 0.29) is 18.1 Å². The molecule has 0 spiro atoms. The summed E-state index contributed by atoms with van der Waals surface area (Å²) in [5.41, 5.74) is 2.11. The Morgan fingerprint density at radius 2 is 2.06 bits per heavy atom. The zero-order valence-electron chi connectivity index (χ0n) is 9.96. The van der Waals surface area contributed by atoms with Crippen molar-refractivity contribution in [3.05, 3.63) is 34.9 Å². The molecule has 17 heavy (non-hydrogen) atoms. The Morgan fingerprint density at radius 1 is 1.35 bits per heavy atom. The molecule has 3 nitrogen and oxygen atoms in total. The molecule has 0 fully saturated rings. The Bertz CT molecular complexity index is 427. The first-order valence-corrected chi connectivity index (χ1v) is 5.96. The molecular formula is C13H15ClO3. The van der Waals surface area contributed by atoms with Crippen LogP contribution in [0.25, 0.3) is 0 Å². The summed E-state index contributed by atoms with van der Waals surface area (Å²) in [6, 6.07) is 5.32. The van der Waals surface area contributed by atoms with Crippen molar-refractivity contribution < 1.29 is 14.3 Å². The highest BCUT2D eigenvalue weighted by Gasteiger charge is 2.14. The Morgan fingerprint density at radius 3 is 2.65 bits per heavy atom. The number of ketones is 1. The van der Waals surface area contributed by atoms with Crippen LogP contribution in [0.1, 0.15) is 28.4 Å². The number of aryl methyl sites for hydroxylation is 1. The zero-order valence-corrected chi connectivity index (χ0v) is 10.7. The molecule has 0 aromatic heterocycles. The monoisotopic (exact) mass is 254 g/mol. The number of rotatable bonds is 5. The molecule has 1 rings (SSSR count). The zero-order chi connectivity index (χ0) is 12.8. The minimum Gasteiger partial charge on any atom is -0.462 e. The number of hydrogen-bond donors (Lipinski definition) is 0. The van der Waals surface area contributed by atoms with E-state index in [4.69, 9.17) is 16.3 Å². The van der Waals surface area contributed by atoms with Gasteiger partial charge in [0.2, 0.25) is 0 Å². The summed E-state index contributed by atoms with van der Waals surface area (Å²) in [5.74, 6) is -0.552. The van der Waals surface area contributed by atoms with E-state index in [1.54, 1.807) is 13.0 Å². The van der Waals surface area contributed by atoms with Gasteiger partial charge in [0.1, 0.15) is 0 Å². The first-order chi connectivity index (χ1) is 8.08. The summed E-state index contributed by atoms with van der Waals surface area (Å²) in [6.07, 6.45) is 0.166. The Balaban J connectivity index is 3.03. The van der Waals surface area contributed by atoms with Gasteiger partial charge in [-0.05, 0) is 25.5 Å². The topological polar surface area (TPSA) is 43.4 Å². The molecule has 0 unspecified atom stereocenters. The molecule has 0 saturated carbocycles. The largest absolute Gasteiger partial charge is 0.462 e. The lowest BCUT2D eigenvalue weighted by atomic mass is 10.0. The van der Waals surface area contributed by atoms with Crippen molar-refractivity contribution in [2.24, 2.45) is 0 Å². The average Bonchev–Trinajstić information content (AvgIpc) is 2.29. The molecule has 0 radical (unpaired) electrons. The van der Waals surface area contributed by atoms with Crippen LogP contribution in [0.5, 0.6) is 0 Å². The lowest BCUT2D eigenvalue weighted by Crippen LogP contribution is -2.12. The van der Waals surface area contributed by atoms with Crippen LogP contribution in [-0.4, -0.2) is 24.2 Å². The van der Waals surface area contributed by atoms with E-state index in [0.717, 1.165) is 5.56 Å². The number of carbonyl (C=O) groups is 2. The van der Waals surface area contributed by atoms with Crippen molar-refractivity contribution in [3.8, 4) is 0 Å². The maximum atomic E-state index is 11.7. The summed E-state index contributed by atoms with van der Waals surface area (Å²) >= 11 is 5.47. The number of esters is 1. The number of alkyl halides is 1. The maximum Gasteiger partial charge on any atom is 0.338 e. The molecule has 0 saturated heterocycles. The predicted molar refractivity (Wildman–Crippen MR) is 66.6 cm³/mol.